The minimum absolute atomic E-state index is 0.0801. The summed E-state index contributed by atoms with van der Waals surface area (Å²) in [6.07, 6.45) is 7.72. The Morgan fingerprint density at radius 2 is 2.38 bits per heavy atom. The fourth-order valence-electron chi connectivity index (χ4n) is 3.63. The fraction of sp³-hybridized carbons (Fsp3) is 0.818. The molecule has 0 spiro atoms. The van der Waals surface area contributed by atoms with Gasteiger partial charge in [0.25, 0.3) is 0 Å². The van der Waals surface area contributed by atoms with E-state index in [0.29, 0.717) is 0 Å². The smallest absolute Gasteiger partial charge is 0.0983 e. The first-order valence-electron chi connectivity index (χ1n) is 5.24. The Morgan fingerprint density at radius 3 is 3.15 bits per heavy atom. The van der Waals surface area contributed by atoms with Crippen molar-refractivity contribution in [2.75, 3.05) is 0 Å². The SMILES string of the molecule is CC1(OS)C=C2CC3CC(CC23)C1. The van der Waals surface area contributed by atoms with E-state index in [-0.39, 0.29) is 5.60 Å². The fourth-order valence-corrected chi connectivity index (χ4v) is 3.76. The Morgan fingerprint density at radius 1 is 1.54 bits per heavy atom. The quantitative estimate of drug-likeness (QED) is 0.385. The predicted molar refractivity (Wildman–Crippen MR) is 55.5 cm³/mol. The summed E-state index contributed by atoms with van der Waals surface area (Å²) < 4.78 is 5.32. The molecule has 3 rings (SSSR count). The van der Waals surface area contributed by atoms with Crippen molar-refractivity contribution in [3.8, 4) is 0 Å². The lowest BCUT2D eigenvalue weighted by molar-refractivity contribution is 0.136. The molecule has 0 N–H and O–H groups in total. The zero-order valence-electron chi connectivity index (χ0n) is 7.99. The molecule has 1 nitrogen and oxygen atoms in total. The van der Waals surface area contributed by atoms with Gasteiger partial charge in [-0.3, -0.25) is 0 Å². The Kier molecular flexibility index (Phi) is 1.64. The number of rotatable bonds is 1. The first-order valence-corrected chi connectivity index (χ1v) is 5.61. The van der Waals surface area contributed by atoms with E-state index in [9.17, 15) is 0 Å². The summed E-state index contributed by atoms with van der Waals surface area (Å²) in [6, 6.07) is 0. The largest absolute Gasteiger partial charge is 0.308 e. The molecule has 0 aromatic carbocycles. The lowest BCUT2D eigenvalue weighted by Gasteiger charge is -2.37. The molecule has 0 aromatic rings. The highest BCUT2D eigenvalue weighted by Gasteiger charge is 2.48. The van der Waals surface area contributed by atoms with Crippen molar-refractivity contribution < 1.29 is 4.18 Å². The average molecular weight is 196 g/mol. The zero-order valence-corrected chi connectivity index (χ0v) is 8.89. The maximum atomic E-state index is 5.32. The minimum atomic E-state index is -0.0801. The maximum absolute atomic E-state index is 5.32. The summed E-state index contributed by atoms with van der Waals surface area (Å²) in [5.74, 6) is 2.85. The van der Waals surface area contributed by atoms with Crippen LogP contribution >= 0.6 is 12.9 Å². The normalized spacial score (nSPS) is 52.5. The highest BCUT2D eigenvalue weighted by atomic mass is 32.1. The van der Waals surface area contributed by atoms with Crippen molar-refractivity contribution in [1.29, 1.82) is 0 Å². The first kappa shape index (κ1) is 8.37. The molecule has 0 radical (unpaired) electrons. The van der Waals surface area contributed by atoms with Crippen molar-refractivity contribution in [1.82, 2.24) is 0 Å². The molecule has 2 bridgehead atoms. The molecule has 0 amide bonds. The molecular weight excluding hydrogens is 180 g/mol. The van der Waals surface area contributed by atoms with Gasteiger partial charge in [0, 0.05) is 0 Å². The summed E-state index contributed by atoms with van der Waals surface area (Å²) in [5, 5.41) is 0. The van der Waals surface area contributed by atoms with E-state index in [1.807, 2.05) is 0 Å². The van der Waals surface area contributed by atoms with Gasteiger partial charge in [0.05, 0.1) is 5.60 Å². The second kappa shape index (κ2) is 2.54. The molecule has 3 aliphatic carbocycles. The van der Waals surface area contributed by atoms with Gasteiger partial charge >= 0.3 is 0 Å². The van der Waals surface area contributed by atoms with Crippen LogP contribution in [0.1, 0.15) is 32.6 Å². The van der Waals surface area contributed by atoms with E-state index in [1.165, 1.54) is 25.7 Å². The first-order chi connectivity index (χ1) is 6.20. The van der Waals surface area contributed by atoms with Crippen LogP contribution < -0.4 is 0 Å². The summed E-state index contributed by atoms with van der Waals surface area (Å²) in [7, 11) is 0. The number of fused-ring (bicyclic) bond motifs is 1. The Bertz CT molecular complexity index is 273. The Labute approximate surface area is 85.2 Å². The lowest BCUT2D eigenvalue weighted by atomic mass is 9.70. The van der Waals surface area contributed by atoms with Crippen molar-refractivity contribution in [2.45, 2.75) is 38.2 Å². The van der Waals surface area contributed by atoms with Crippen LogP contribution in [0.4, 0.5) is 0 Å². The van der Waals surface area contributed by atoms with Gasteiger partial charge in [-0.25, -0.2) is 0 Å². The van der Waals surface area contributed by atoms with E-state index < -0.39 is 0 Å². The van der Waals surface area contributed by atoms with E-state index in [4.69, 9.17) is 4.18 Å². The molecule has 4 atom stereocenters. The van der Waals surface area contributed by atoms with Crippen LogP contribution in [0.3, 0.4) is 0 Å². The number of thiol groups is 1. The molecule has 3 aliphatic rings. The van der Waals surface area contributed by atoms with Crippen LogP contribution in [0.25, 0.3) is 0 Å². The second-order valence-electron chi connectivity index (χ2n) is 5.24. The Balaban J connectivity index is 1.96. The molecule has 0 saturated heterocycles. The molecule has 2 fully saturated rings. The van der Waals surface area contributed by atoms with E-state index in [0.717, 1.165) is 17.8 Å². The van der Waals surface area contributed by atoms with Gasteiger partial charge in [0.1, 0.15) is 0 Å². The summed E-state index contributed by atoms with van der Waals surface area (Å²) in [5.41, 5.74) is 1.57. The molecule has 0 heterocycles. The third kappa shape index (κ3) is 1.11. The molecule has 13 heavy (non-hydrogen) atoms. The molecule has 72 valence electrons. The van der Waals surface area contributed by atoms with Gasteiger partial charge in [0.2, 0.25) is 0 Å². The summed E-state index contributed by atoms with van der Waals surface area (Å²) in [6.45, 7) is 2.17. The average Bonchev–Trinajstić information content (AvgIpc) is 2.32. The highest BCUT2D eigenvalue weighted by molar-refractivity contribution is 7.75. The van der Waals surface area contributed by atoms with Gasteiger partial charge < -0.3 is 4.18 Å². The van der Waals surface area contributed by atoms with Crippen LogP contribution in [0.2, 0.25) is 0 Å². The van der Waals surface area contributed by atoms with Crippen molar-refractivity contribution >= 4 is 12.9 Å². The highest BCUT2D eigenvalue weighted by Crippen LogP contribution is 2.57. The second-order valence-corrected chi connectivity index (χ2v) is 5.42. The molecule has 2 saturated carbocycles. The number of hydrogen-bond acceptors (Lipinski definition) is 2. The molecule has 0 aliphatic heterocycles. The molecule has 4 unspecified atom stereocenters. The van der Waals surface area contributed by atoms with Crippen LogP contribution in [0.15, 0.2) is 11.6 Å². The molecule has 2 heteroatoms. The van der Waals surface area contributed by atoms with Crippen molar-refractivity contribution in [3.63, 3.8) is 0 Å². The van der Waals surface area contributed by atoms with Gasteiger partial charge in [-0.05, 0) is 63.3 Å². The topological polar surface area (TPSA) is 9.23 Å². The van der Waals surface area contributed by atoms with Gasteiger partial charge in [-0.1, -0.05) is 11.6 Å². The predicted octanol–water partition coefficient (Wildman–Crippen LogP) is 2.98. The minimum Gasteiger partial charge on any atom is -0.308 e. The Hall–Kier alpha value is 0.0500. The lowest BCUT2D eigenvalue weighted by Crippen LogP contribution is -2.31. The summed E-state index contributed by atoms with van der Waals surface area (Å²) >= 11 is 4.00. The van der Waals surface area contributed by atoms with E-state index in [1.54, 1.807) is 5.57 Å². The van der Waals surface area contributed by atoms with E-state index in [2.05, 4.69) is 25.9 Å². The molecule has 0 aromatic heterocycles. The summed E-state index contributed by atoms with van der Waals surface area (Å²) in [4.78, 5) is 0. The zero-order chi connectivity index (χ0) is 9.05. The number of allylic oxidation sites excluding steroid dienone is 1. The van der Waals surface area contributed by atoms with Crippen molar-refractivity contribution in [3.05, 3.63) is 11.6 Å². The standard InChI is InChI=1S/C11H16OS/c1-11(12-13)5-7-2-8-4-9(6-11)10(8)3-7/h6-8,10,13H,2-5H2,1H3. The third-order valence-electron chi connectivity index (χ3n) is 4.16. The van der Waals surface area contributed by atoms with Crippen LogP contribution in [-0.4, -0.2) is 5.60 Å². The van der Waals surface area contributed by atoms with Gasteiger partial charge in [-0.15, -0.1) is 0 Å². The maximum Gasteiger partial charge on any atom is 0.0983 e. The van der Waals surface area contributed by atoms with Crippen molar-refractivity contribution in [2.24, 2.45) is 17.8 Å². The third-order valence-corrected chi connectivity index (χ3v) is 4.58. The van der Waals surface area contributed by atoms with Gasteiger partial charge in [0.15, 0.2) is 0 Å². The van der Waals surface area contributed by atoms with Crippen LogP contribution in [0, 0.1) is 17.8 Å². The van der Waals surface area contributed by atoms with Crippen LogP contribution in [-0.2, 0) is 4.18 Å². The number of hydrogen-bond donors (Lipinski definition) is 1. The van der Waals surface area contributed by atoms with Crippen LogP contribution in [0.5, 0.6) is 0 Å². The van der Waals surface area contributed by atoms with Gasteiger partial charge in [-0.2, -0.15) is 0 Å². The molecular formula is C11H16OS. The van der Waals surface area contributed by atoms with E-state index >= 15 is 0 Å². The monoisotopic (exact) mass is 196 g/mol.